The van der Waals surface area contributed by atoms with Crippen LogP contribution in [-0.4, -0.2) is 10.1 Å². The highest BCUT2D eigenvalue weighted by Gasteiger charge is 2.05. The first-order valence-electron chi connectivity index (χ1n) is 4.89. The summed E-state index contributed by atoms with van der Waals surface area (Å²) in [5.74, 6) is 0.225. The second-order valence-corrected chi connectivity index (χ2v) is 3.75. The summed E-state index contributed by atoms with van der Waals surface area (Å²) in [4.78, 5) is 4.18. The largest absolute Gasteiger partial charge is 0.506 e. The van der Waals surface area contributed by atoms with Crippen molar-refractivity contribution in [3.63, 3.8) is 0 Å². The van der Waals surface area contributed by atoms with Crippen LogP contribution >= 0.6 is 0 Å². The van der Waals surface area contributed by atoms with Gasteiger partial charge in [-0.2, -0.15) is 0 Å². The molecule has 1 heterocycles. The van der Waals surface area contributed by atoms with E-state index >= 15 is 0 Å². The van der Waals surface area contributed by atoms with Crippen LogP contribution in [-0.2, 0) is 0 Å². The molecule has 2 nitrogen and oxygen atoms in total. The third-order valence-corrected chi connectivity index (χ3v) is 2.28. The van der Waals surface area contributed by atoms with Gasteiger partial charge in [0, 0.05) is 11.8 Å². The van der Waals surface area contributed by atoms with Crippen LogP contribution in [0.25, 0.3) is 11.3 Å². The minimum atomic E-state index is 0.225. The van der Waals surface area contributed by atoms with Gasteiger partial charge in [-0.15, -0.1) is 0 Å². The first kappa shape index (κ1) is 9.71. The van der Waals surface area contributed by atoms with Gasteiger partial charge in [0.2, 0.25) is 0 Å². The third-order valence-electron chi connectivity index (χ3n) is 2.28. The van der Waals surface area contributed by atoms with E-state index in [9.17, 15) is 5.11 Å². The Balaban J connectivity index is 2.59. The summed E-state index contributed by atoms with van der Waals surface area (Å²) >= 11 is 0. The van der Waals surface area contributed by atoms with Crippen LogP contribution in [0.15, 0.2) is 36.5 Å². The SMILES string of the molecule is Cc1cc(C)cc(-c2ncccc2O)c1. The number of aromatic nitrogens is 1. The highest BCUT2D eigenvalue weighted by atomic mass is 16.3. The van der Waals surface area contributed by atoms with Gasteiger partial charge in [0.15, 0.2) is 0 Å². The van der Waals surface area contributed by atoms with E-state index in [1.165, 1.54) is 11.1 Å². The van der Waals surface area contributed by atoms with Crippen LogP contribution in [0, 0.1) is 13.8 Å². The molecule has 0 atom stereocenters. The van der Waals surface area contributed by atoms with Crippen LogP contribution in [0.4, 0.5) is 0 Å². The maximum atomic E-state index is 9.68. The average molecular weight is 199 g/mol. The molecule has 0 bridgehead atoms. The van der Waals surface area contributed by atoms with Crippen molar-refractivity contribution in [3.8, 4) is 17.0 Å². The molecule has 1 N–H and O–H groups in total. The lowest BCUT2D eigenvalue weighted by molar-refractivity contribution is 0.475. The number of aryl methyl sites for hydroxylation is 2. The summed E-state index contributed by atoms with van der Waals surface area (Å²) in [6.07, 6.45) is 1.69. The van der Waals surface area contributed by atoms with Gasteiger partial charge in [-0.1, -0.05) is 17.2 Å². The summed E-state index contributed by atoms with van der Waals surface area (Å²) in [5, 5.41) is 9.68. The second-order valence-electron chi connectivity index (χ2n) is 3.75. The predicted molar refractivity (Wildman–Crippen MR) is 60.8 cm³/mol. The molecule has 1 aromatic carbocycles. The van der Waals surface area contributed by atoms with E-state index in [4.69, 9.17) is 0 Å². The Morgan fingerprint density at radius 1 is 1.07 bits per heavy atom. The van der Waals surface area contributed by atoms with E-state index in [0.29, 0.717) is 5.69 Å². The van der Waals surface area contributed by atoms with Gasteiger partial charge in [-0.25, -0.2) is 0 Å². The first-order chi connectivity index (χ1) is 7.16. The number of hydrogen-bond donors (Lipinski definition) is 1. The maximum Gasteiger partial charge on any atom is 0.141 e. The number of hydrogen-bond acceptors (Lipinski definition) is 2. The topological polar surface area (TPSA) is 33.1 Å². The molecule has 2 aromatic rings. The fraction of sp³-hybridized carbons (Fsp3) is 0.154. The number of rotatable bonds is 1. The monoisotopic (exact) mass is 199 g/mol. The maximum absolute atomic E-state index is 9.68. The summed E-state index contributed by atoms with van der Waals surface area (Å²) < 4.78 is 0. The van der Waals surface area contributed by atoms with E-state index in [1.807, 2.05) is 26.0 Å². The van der Waals surface area contributed by atoms with Gasteiger partial charge >= 0.3 is 0 Å². The van der Waals surface area contributed by atoms with Crippen molar-refractivity contribution in [1.82, 2.24) is 4.98 Å². The van der Waals surface area contributed by atoms with E-state index in [1.54, 1.807) is 18.3 Å². The van der Waals surface area contributed by atoms with E-state index in [0.717, 1.165) is 5.56 Å². The van der Waals surface area contributed by atoms with Crippen molar-refractivity contribution in [2.75, 3.05) is 0 Å². The molecule has 2 heteroatoms. The molecule has 1 aromatic heterocycles. The quantitative estimate of drug-likeness (QED) is 0.765. The fourth-order valence-electron chi connectivity index (χ4n) is 1.73. The zero-order chi connectivity index (χ0) is 10.8. The smallest absolute Gasteiger partial charge is 0.141 e. The summed E-state index contributed by atoms with van der Waals surface area (Å²) in [6.45, 7) is 4.08. The van der Waals surface area contributed by atoms with Crippen molar-refractivity contribution < 1.29 is 5.11 Å². The molecule has 0 unspecified atom stereocenters. The lowest BCUT2D eigenvalue weighted by Gasteiger charge is -2.05. The highest BCUT2D eigenvalue weighted by molar-refractivity contribution is 5.66. The molecule has 0 aliphatic rings. The lowest BCUT2D eigenvalue weighted by Crippen LogP contribution is -1.86. The Morgan fingerprint density at radius 3 is 2.33 bits per heavy atom. The molecular formula is C13H13NO. The molecule has 76 valence electrons. The average Bonchev–Trinajstić information content (AvgIpc) is 2.16. The number of pyridine rings is 1. The van der Waals surface area contributed by atoms with E-state index < -0.39 is 0 Å². The summed E-state index contributed by atoms with van der Waals surface area (Å²) in [7, 11) is 0. The van der Waals surface area contributed by atoms with Crippen molar-refractivity contribution in [1.29, 1.82) is 0 Å². The van der Waals surface area contributed by atoms with Crippen molar-refractivity contribution in [2.45, 2.75) is 13.8 Å². The van der Waals surface area contributed by atoms with E-state index in [2.05, 4.69) is 11.1 Å². The molecule has 0 fully saturated rings. The first-order valence-corrected chi connectivity index (χ1v) is 4.89. The Hall–Kier alpha value is -1.83. The van der Waals surface area contributed by atoms with Crippen LogP contribution in [0.3, 0.4) is 0 Å². The molecule has 0 saturated heterocycles. The van der Waals surface area contributed by atoms with Crippen LogP contribution in [0.2, 0.25) is 0 Å². The van der Waals surface area contributed by atoms with Gasteiger partial charge < -0.3 is 5.11 Å². The fourth-order valence-corrected chi connectivity index (χ4v) is 1.73. The molecule has 2 rings (SSSR count). The molecule has 15 heavy (non-hydrogen) atoms. The summed E-state index contributed by atoms with van der Waals surface area (Å²) in [6, 6.07) is 9.52. The summed E-state index contributed by atoms with van der Waals surface area (Å²) in [5.41, 5.74) is 3.96. The van der Waals surface area contributed by atoms with Crippen LogP contribution in [0.5, 0.6) is 5.75 Å². The van der Waals surface area contributed by atoms with Crippen molar-refractivity contribution in [3.05, 3.63) is 47.7 Å². The molecular weight excluding hydrogens is 186 g/mol. The van der Waals surface area contributed by atoms with E-state index in [-0.39, 0.29) is 5.75 Å². The van der Waals surface area contributed by atoms with Crippen molar-refractivity contribution in [2.24, 2.45) is 0 Å². The molecule has 0 saturated carbocycles. The van der Waals surface area contributed by atoms with Crippen LogP contribution in [0.1, 0.15) is 11.1 Å². The third kappa shape index (κ3) is 1.99. The molecule has 0 radical (unpaired) electrons. The molecule has 0 amide bonds. The predicted octanol–water partition coefficient (Wildman–Crippen LogP) is 3.07. The standard InChI is InChI=1S/C13H13NO/c1-9-6-10(2)8-11(7-9)13-12(15)4-3-5-14-13/h3-8,15H,1-2H3. The van der Waals surface area contributed by atoms with Crippen molar-refractivity contribution >= 4 is 0 Å². The highest BCUT2D eigenvalue weighted by Crippen LogP contribution is 2.27. The van der Waals surface area contributed by atoms with Gasteiger partial charge in [0.05, 0.1) is 0 Å². The van der Waals surface area contributed by atoms with Gasteiger partial charge in [0.25, 0.3) is 0 Å². The number of aromatic hydroxyl groups is 1. The number of benzene rings is 1. The normalized spacial score (nSPS) is 10.3. The Kier molecular flexibility index (Phi) is 2.42. The van der Waals surface area contributed by atoms with Gasteiger partial charge in [-0.3, -0.25) is 4.98 Å². The zero-order valence-corrected chi connectivity index (χ0v) is 8.86. The molecule has 0 spiro atoms. The number of nitrogens with zero attached hydrogens (tertiary/aromatic N) is 1. The zero-order valence-electron chi connectivity index (χ0n) is 8.86. The lowest BCUT2D eigenvalue weighted by atomic mass is 10.0. The Bertz CT molecular complexity index is 471. The Labute approximate surface area is 89.2 Å². The molecule has 0 aliphatic carbocycles. The van der Waals surface area contributed by atoms with Crippen LogP contribution < -0.4 is 0 Å². The minimum absolute atomic E-state index is 0.225. The minimum Gasteiger partial charge on any atom is -0.506 e. The Morgan fingerprint density at radius 2 is 1.73 bits per heavy atom. The van der Waals surface area contributed by atoms with Gasteiger partial charge in [0.1, 0.15) is 11.4 Å². The van der Waals surface area contributed by atoms with Gasteiger partial charge in [-0.05, 0) is 38.1 Å². The molecule has 0 aliphatic heterocycles. The second kappa shape index (κ2) is 3.73.